The highest BCUT2D eigenvalue weighted by Crippen LogP contribution is 2.13. The highest BCUT2D eigenvalue weighted by atomic mass is 16.5. The van der Waals surface area contributed by atoms with Crippen LogP contribution in [0.4, 0.5) is 5.69 Å². The monoisotopic (exact) mass is 379 g/mol. The van der Waals surface area contributed by atoms with Gasteiger partial charge in [-0.1, -0.05) is 30.3 Å². The van der Waals surface area contributed by atoms with Crippen molar-refractivity contribution in [3.8, 4) is 0 Å². The van der Waals surface area contributed by atoms with Gasteiger partial charge in [-0.25, -0.2) is 4.98 Å². The van der Waals surface area contributed by atoms with Gasteiger partial charge in [0.2, 0.25) is 0 Å². The first-order valence-electron chi connectivity index (χ1n) is 8.91. The van der Waals surface area contributed by atoms with Crippen LogP contribution in [0, 0.1) is 6.92 Å². The van der Waals surface area contributed by atoms with Crippen LogP contribution in [0.1, 0.15) is 17.8 Å². The Morgan fingerprint density at radius 2 is 1.82 bits per heavy atom. The van der Waals surface area contributed by atoms with Crippen LogP contribution in [0.15, 0.2) is 53.3 Å². The number of nitrogens with one attached hydrogen (secondary N) is 1. The van der Waals surface area contributed by atoms with E-state index in [1.165, 1.54) is 4.57 Å². The number of rotatable bonds is 6. The van der Waals surface area contributed by atoms with Crippen molar-refractivity contribution in [2.24, 2.45) is 7.05 Å². The molecule has 0 aliphatic carbocycles. The van der Waals surface area contributed by atoms with Gasteiger partial charge in [0, 0.05) is 19.2 Å². The van der Waals surface area contributed by atoms with E-state index in [4.69, 9.17) is 4.74 Å². The van der Waals surface area contributed by atoms with Gasteiger partial charge in [0.25, 0.3) is 11.5 Å². The van der Waals surface area contributed by atoms with Gasteiger partial charge >= 0.3 is 5.97 Å². The number of fused-ring (bicyclic) bond motifs is 1. The number of carbonyl (C=O) groups excluding carboxylic acids is 2. The molecule has 0 fully saturated rings. The van der Waals surface area contributed by atoms with Crippen molar-refractivity contribution in [2.75, 3.05) is 11.9 Å². The fraction of sp³-hybridized carbons (Fsp3) is 0.238. The number of nitrogens with zero attached hydrogens (tertiary/aromatic N) is 2. The van der Waals surface area contributed by atoms with Crippen LogP contribution in [0.2, 0.25) is 0 Å². The van der Waals surface area contributed by atoms with Gasteiger partial charge in [0.15, 0.2) is 6.61 Å². The van der Waals surface area contributed by atoms with E-state index in [-0.39, 0.29) is 25.0 Å². The van der Waals surface area contributed by atoms with Crippen LogP contribution in [0.5, 0.6) is 0 Å². The molecule has 0 saturated carbocycles. The summed E-state index contributed by atoms with van der Waals surface area (Å²) in [6.45, 7) is 1.51. The zero-order valence-electron chi connectivity index (χ0n) is 15.8. The molecule has 3 aromatic rings. The Kier molecular flexibility index (Phi) is 5.84. The number of benzene rings is 2. The number of anilines is 1. The van der Waals surface area contributed by atoms with E-state index in [1.54, 1.807) is 37.4 Å². The third-order valence-electron chi connectivity index (χ3n) is 4.41. The van der Waals surface area contributed by atoms with Gasteiger partial charge in [0.05, 0.1) is 17.3 Å². The Morgan fingerprint density at radius 3 is 2.61 bits per heavy atom. The van der Waals surface area contributed by atoms with Crippen molar-refractivity contribution in [1.29, 1.82) is 0 Å². The van der Waals surface area contributed by atoms with E-state index in [9.17, 15) is 14.4 Å². The molecule has 0 atom stereocenters. The summed E-state index contributed by atoms with van der Waals surface area (Å²) in [7, 11) is 1.62. The summed E-state index contributed by atoms with van der Waals surface area (Å²) in [5.41, 5.74) is 2.03. The van der Waals surface area contributed by atoms with Gasteiger partial charge in [-0.05, 0) is 30.7 Å². The van der Waals surface area contributed by atoms with Crippen molar-refractivity contribution in [3.63, 3.8) is 0 Å². The molecule has 0 spiro atoms. The molecule has 2 aromatic carbocycles. The minimum Gasteiger partial charge on any atom is -0.456 e. The Hall–Kier alpha value is -3.48. The smallest absolute Gasteiger partial charge is 0.306 e. The number of amides is 1. The van der Waals surface area contributed by atoms with Crippen molar-refractivity contribution in [2.45, 2.75) is 19.8 Å². The van der Waals surface area contributed by atoms with Gasteiger partial charge in [-0.15, -0.1) is 0 Å². The minimum absolute atomic E-state index is 0.0241. The molecule has 1 heterocycles. The van der Waals surface area contributed by atoms with Crippen LogP contribution in [-0.2, 0) is 27.8 Å². The zero-order chi connectivity index (χ0) is 20.1. The average molecular weight is 379 g/mol. The second-order valence-corrected chi connectivity index (χ2v) is 6.43. The molecule has 0 aliphatic rings. The molecule has 28 heavy (non-hydrogen) atoms. The molecule has 144 valence electrons. The number of aromatic nitrogens is 2. The number of ether oxygens (including phenoxy) is 1. The summed E-state index contributed by atoms with van der Waals surface area (Å²) < 4.78 is 6.46. The van der Waals surface area contributed by atoms with E-state index in [2.05, 4.69) is 10.3 Å². The molecule has 7 nitrogen and oxygen atoms in total. The van der Waals surface area contributed by atoms with E-state index in [0.29, 0.717) is 22.4 Å². The Bertz CT molecular complexity index is 1090. The minimum atomic E-state index is -0.526. The highest BCUT2D eigenvalue weighted by Gasteiger charge is 2.12. The zero-order valence-corrected chi connectivity index (χ0v) is 15.8. The van der Waals surface area contributed by atoms with E-state index < -0.39 is 11.9 Å². The van der Waals surface area contributed by atoms with Gasteiger partial charge in [-0.2, -0.15) is 0 Å². The lowest BCUT2D eigenvalue weighted by Gasteiger charge is -2.10. The Labute approximate surface area is 162 Å². The standard InChI is InChI=1S/C21H21N3O4/c1-14-7-3-5-9-16(14)23-19(25)13-28-20(26)12-11-18-22-17-10-6-4-8-15(17)21(27)24(18)2/h3-10H,11-13H2,1-2H3,(H,23,25). The maximum atomic E-state index is 12.4. The molecular formula is C21H21N3O4. The number of carbonyl (C=O) groups is 2. The third-order valence-corrected chi connectivity index (χ3v) is 4.41. The van der Waals surface area contributed by atoms with Crippen LogP contribution in [0.3, 0.4) is 0 Å². The first-order valence-corrected chi connectivity index (χ1v) is 8.91. The number of aryl methyl sites for hydroxylation is 2. The molecule has 1 N–H and O–H groups in total. The molecule has 0 saturated heterocycles. The summed E-state index contributed by atoms with van der Waals surface area (Å²) in [6.07, 6.45) is 0.269. The molecule has 1 amide bonds. The third kappa shape index (κ3) is 4.43. The topological polar surface area (TPSA) is 90.3 Å². The molecule has 3 rings (SSSR count). The maximum Gasteiger partial charge on any atom is 0.306 e. The fourth-order valence-corrected chi connectivity index (χ4v) is 2.82. The number of para-hydroxylation sites is 2. The maximum absolute atomic E-state index is 12.4. The van der Waals surface area contributed by atoms with Gasteiger partial charge in [0.1, 0.15) is 5.82 Å². The fourth-order valence-electron chi connectivity index (χ4n) is 2.82. The number of esters is 1. The molecule has 0 radical (unpaired) electrons. The molecule has 1 aromatic heterocycles. The number of hydrogen-bond donors (Lipinski definition) is 1. The lowest BCUT2D eigenvalue weighted by atomic mass is 10.2. The first-order chi connectivity index (χ1) is 13.5. The molecule has 0 bridgehead atoms. The van der Waals surface area contributed by atoms with Crippen LogP contribution in [0.25, 0.3) is 10.9 Å². The van der Waals surface area contributed by atoms with E-state index >= 15 is 0 Å². The second kappa shape index (κ2) is 8.47. The first kappa shape index (κ1) is 19.3. The summed E-state index contributed by atoms with van der Waals surface area (Å²) in [4.78, 5) is 40.7. The normalized spacial score (nSPS) is 10.6. The van der Waals surface area contributed by atoms with Crippen molar-refractivity contribution in [1.82, 2.24) is 9.55 Å². The van der Waals surface area contributed by atoms with Crippen molar-refractivity contribution < 1.29 is 14.3 Å². The second-order valence-electron chi connectivity index (χ2n) is 6.43. The van der Waals surface area contributed by atoms with Crippen molar-refractivity contribution in [3.05, 3.63) is 70.3 Å². The van der Waals surface area contributed by atoms with E-state index in [1.807, 2.05) is 25.1 Å². The predicted octanol–water partition coefficient (Wildman–Crippen LogP) is 2.36. The summed E-state index contributed by atoms with van der Waals surface area (Å²) >= 11 is 0. The van der Waals surface area contributed by atoms with Crippen LogP contribution >= 0.6 is 0 Å². The van der Waals surface area contributed by atoms with Crippen LogP contribution < -0.4 is 10.9 Å². The van der Waals surface area contributed by atoms with Gasteiger partial charge in [-0.3, -0.25) is 19.0 Å². The quantitative estimate of drug-likeness (QED) is 0.664. The number of hydrogen-bond acceptors (Lipinski definition) is 5. The largest absolute Gasteiger partial charge is 0.456 e. The lowest BCUT2D eigenvalue weighted by molar-refractivity contribution is -0.147. The average Bonchev–Trinajstić information content (AvgIpc) is 2.70. The Balaban J connectivity index is 1.55. The summed E-state index contributed by atoms with van der Waals surface area (Å²) in [5.74, 6) is -0.439. The molecule has 0 aliphatic heterocycles. The lowest BCUT2D eigenvalue weighted by Crippen LogP contribution is -2.24. The van der Waals surface area contributed by atoms with Crippen LogP contribution in [-0.4, -0.2) is 28.0 Å². The molecule has 7 heteroatoms. The SMILES string of the molecule is Cc1ccccc1NC(=O)COC(=O)CCc1nc2ccccc2c(=O)n1C. The predicted molar refractivity (Wildman–Crippen MR) is 106 cm³/mol. The van der Waals surface area contributed by atoms with Gasteiger partial charge < -0.3 is 10.1 Å². The highest BCUT2D eigenvalue weighted by molar-refractivity contribution is 5.93. The Morgan fingerprint density at radius 1 is 1.11 bits per heavy atom. The summed E-state index contributed by atoms with van der Waals surface area (Å²) in [5, 5.41) is 3.23. The summed E-state index contributed by atoms with van der Waals surface area (Å²) in [6, 6.07) is 14.4. The molecule has 0 unspecified atom stereocenters. The van der Waals surface area contributed by atoms with Crippen molar-refractivity contribution >= 4 is 28.5 Å². The van der Waals surface area contributed by atoms with E-state index in [0.717, 1.165) is 5.56 Å². The molecular weight excluding hydrogens is 358 g/mol.